The van der Waals surface area contributed by atoms with Crippen molar-refractivity contribution in [3.63, 3.8) is 0 Å². The molecule has 0 aliphatic rings. The van der Waals surface area contributed by atoms with Crippen LogP contribution in [0.2, 0.25) is 0 Å². The molecule has 1 aromatic carbocycles. The Morgan fingerprint density at radius 3 is 2.40 bits per heavy atom. The van der Waals surface area contributed by atoms with Crippen LogP contribution < -0.4 is 5.32 Å². The molecule has 1 aromatic heterocycles. The largest absolute Gasteiger partial charge is 0.306 e. The summed E-state index contributed by atoms with van der Waals surface area (Å²) < 4.78 is 1.13. The molecule has 20 heavy (non-hydrogen) atoms. The van der Waals surface area contributed by atoms with E-state index in [1.807, 2.05) is 0 Å². The molecule has 2 atom stereocenters. The number of rotatable bonds is 5. The fraction of sp³-hybridized carbons (Fsp3) is 0.438. The minimum Gasteiger partial charge on any atom is -0.306 e. The van der Waals surface area contributed by atoms with Gasteiger partial charge in [0.2, 0.25) is 0 Å². The van der Waals surface area contributed by atoms with Crippen molar-refractivity contribution in [3.8, 4) is 0 Å². The maximum absolute atomic E-state index is 4.63. The first-order chi connectivity index (χ1) is 9.45. The predicted molar refractivity (Wildman–Crippen MR) is 90.4 cm³/mol. The zero-order valence-electron chi connectivity index (χ0n) is 12.4. The van der Waals surface area contributed by atoms with Gasteiger partial charge in [0.1, 0.15) is 0 Å². The fourth-order valence-electron chi connectivity index (χ4n) is 2.49. The lowest BCUT2D eigenvalue weighted by Gasteiger charge is -2.19. The summed E-state index contributed by atoms with van der Waals surface area (Å²) in [7, 11) is 0. The van der Waals surface area contributed by atoms with Crippen LogP contribution in [0.15, 0.2) is 28.7 Å². The van der Waals surface area contributed by atoms with Gasteiger partial charge in [-0.15, -0.1) is 11.3 Å². The molecule has 0 saturated carbocycles. The summed E-state index contributed by atoms with van der Waals surface area (Å²) in [5.74, 6) is 0. The van der Waals surface area contributed by atoms with Crippen molar-refractivity contribution in [2.75, 3.05) is 0 Å². The number of nitrogens with one attached hydrogen (secondary N) is 1. The van der Waals surface area contributed by atoms with Crippen LogP contribution in [0.3, 0.4) is 0 Å². The molecular weight excluding hydrogens is 332 g/mol. The number of aryl methyl sites for hydroxylation is 2. The molecule has 0 spiro atoms. The van der Waals surface area contributed by atoms with E-state index in [1.54, 1.807) is 11.3 Å². The van der Waals surface area contributed by atoms with Crippen LogP contribution in [-0.4, -0.2) is 11.0 Å². The highest BCUT2D eigenvalue weighted by molar-refractivity contribution is 9.10. The summed E-state index contributed by atoms with van der Waals surface area (Å²) in [5, 5.41) is 4.79. The molecule has 2 aromatic rings. The summed E-state index contributed by atoms with van der Waals surface area (Å²) >= 11 is 5.24. The van der Waals surface area contributed by atoms with Crippen molar-refractivity contribution < 1.29 is 0 Å². The number of nitrogens with zero attached hydrogens (tertiary/aromatic N) is 1. The average Bonchev–Trinajstić information content (AvgIpc) is 2.71. The summed E-state index contributed by atoms with van der Waals surface area (Å²) in [5.41, 5.74) is 2.54. The van der Waals surface area contributed by atoms with E-state index in [-0.39, 0.29) is 0 Å². The van der Waals surface area contributed by atoms with Crippen molar-refractivity contribution in [2.45, 2.75) is 46.2 Å². The molecule has 0 radical (unpaired) electrons. The van der Waals surface area contributed by atoms with Crippen LogP contribution in [0.4, 0.5) is 0 Å². The molecule has 2 rings (SSSR count). The molecule has 4 heteroatoms. The van der Waals surface area contributed by atoms with Crippen LogP contribution >= 0.6 is 27.3 Å². The van der Waals surface area contributed by atoms with Crippen LogP contribution in [-0.2, 0) is 6.42 Å². The maximum atomic E-state index is 4.63. The van der Waals surface area contributed by atoms with E-state index in [0.717, 1.165) is 15.9 Å². The Kier molecular flexibility index (Phi) is 5.35. The van der Waals surface area contributed by atoms with Gasteiger partial charge in [-0.25, -0.2) is 4.98 Å². The first kappa shape index (κ1) is 15.7. The highest BCUT2D eigenvalue weighted by atomic mass is 79.9. The van der Waals surface area contributed by atoms with Crippen molar-refractivity contribution in [2.24, 2.45) is 0 Å². The molecule has 108 valence electrons. The van der Waals surface area contributed by atoms with Gasteiger partial charge in [0.15, 0.2) is 0 Å². The quantitative estimate of drug-likeness (QED) is 0.835. The number of halogens is 1. The third-order valence-electron chi connectivity index (χ3n) is 3.34. The molecule has 2 nitrogen and oxygen atoms in total. The summed E-state index contributed by atoms with van der Waals surface area (Å²) in [4.78, 5) is 5.95. The number of thiazole rings is 1. The Morgan fingerprint density at radius 1 is 1.20 bits per heavy atom. The third-order valence-corrected chi connectivity index (χ3v) is 4.77. The smallest absolute Gasteiger partial charge is 0.0900 e. The molecule has 2 unspecified atom stereocenters. The Hall–Kier alpha value is -0.710. The topological polar surface area (TPSA) is 24.9 Å². The lowest BCUT2D eigenvalue weighted by molar-refractivity contribution is 0.470. The van der Waals surface area contributed by atoms with Crippen LogP contribution in [0.1, 0.15) is 41.0 Å². The van der Waals surface area contributed by atoms with Crippen molar-refractivity contribution in [1.82, 2.24) is 10.3 Å². The Morgan fingerprint density at radius 2 is 1.85 bits per heavy atom. The fourth-order valence-corrected chi connectivity index (χ4v) is 3.66. The molecular formula is C16H21BrN2S. The van der Waals surface area contributed by atoms with Gasteiger partial charge >= 0.3 is 0 Å². The first-order valence-electron chi connectivity index (χ1n) is 6.90. The van der Waals surface area contributed by atoms with Crippen molar-refractivity contribution in [3.05, 3.63) is 49.9 Å². The number of hydrogen-bond donors (Lipinski definition) is 1. The standard InChI is InChI=1S/C16H21BrN2S/c1-10(9-14-5-7-15(17)8-6-14)18-11(2)16-12(3)20-13(4)19-16/h5-8,10-11,18H,9H2,1-4H3. The lowest BCUT2D eigenvalue weighted by atomic mass is 10.1. The third kappa shape index (κ3) is 4.14. The van der Waals surface area contributed by atoms with E-state index in [9.17, 15) is 0 Å². The average molecular weight is 353 g/mol. The normalized spacial score (nSPS) is 14.2. The van der Waals surface area contributed by atoms with E-state index in [4.69, 9.17) is 0 Å². The maximum Gasteiger partial charge on any atom is 0.0900 e. The molecule has 0 fully saturated rings. The van der Waals surface area contributed by atoms with E-state index in [1.165, 1.54) is 16.1 Å². The van der Waals surface area contributed by atoms with Crippen LogP contribution in [0, 0.1) is 13.8 Å². The van der Waals surface area contributed by atoms with Gasteiger partial charge in [-0.3, -0.25) is 0 Å². The Labute approximate surface area is 133 Å². The van der Waals surface area contributed by atoms with Crippen molar-refractivity contribution in [1.29, 1.82) is 0 Å². The molecule has 0 aliphatic heterocycles. The summed E-state index contributed by atoms with van der Waals surface area (Å²) in [6, 6.07) is 9.26. The van der Waals surface area contributed by atoms with Gasteiger partial charge in [-0.1, -0.05) is 28.1 Å². The minimum atomic E-state index is 0.297. The van der Waals surface area contributed by atoms with Gasteiger partial charge in [-0.05, 0) is 51.8 Å². The van der Waals surface area contributed by atoms with E-state index in [0.29, 0.717) is 12.1 Å². The number of aromatic nitrogens is 1. The zero-order valence-corrected chi connectivity index (χ0v) is 14.8. The van der Waals surface area contributed by atoms with E-state index < -0.39 is 0 Å². The molecule has 0 bridgehead atoms. The van der Waals surface area contributed by atoms with E-state index >= 15 is 0 Å². The summed E-state index contributed by atoms with van der Waals surface area (Å²) in [6.07, 6.45) is 1.03. The highest BCUT2D eigenvalue weighted by Crippen LogP contribution is 2.23. The summed E-state index contributed by atoms with van der Waals surface area (Å²) in [6.45, 7) is 8.64. The number of benzene rings is 1. The predicted octanol–water partition coefficient (Wildman–Crippen LogP) is 4.80. The van der Waals surface area contributed by atoms with Gasteiger partial charge in [0.05, 0.1) is 10.7 Å². The van der Waals surface area contributed by atoms with Crippen LogP contribution in [0.5, 0.6) is 0 Å². The van der Waals surface area contributed by atoms with Crippen molar-refractivity contribution >= 4 is 27.3 Å². The second kappa shape index (κ2) is 6.83. The molecule has 0 amide bonds. The van der Waals surface area contributed by atoms with Gasteiger partial charge in [0, 0.05) is 21.4 Å². The monoisotopic (exact) mass is 352 g/mol. The second-order valence-corrected chi connectivity index (χ2v) is 7.62. The van der Waals surface area contributed by atoms with Crippen LogP contribution in [0.25, 0.3) is 0 Å². The first-order valence-corrected chi connectivity index (χ1v) is 8.51. The highest BCUT2D eigenvalue weighted by Gasteiger charge is 2.15. The minimum absolute atomic E-state index is 0.297. The Balaban J connectivity index is 1.95. The van der Waals surface area contributed by atoms with Gasteiger partial charge < -0.3 is 5.32 Å². The SMILES string of the molecule is Cc1nc(C(C)NC(C)Cc2ccc(Br)cc2)c(C)s1. The van der Waals surface area contributed by atoms with E-state index in [2.05, 4.69) is 78.2 Å². The molecule has 1 heterocycles. The molecule has 0 saturated heterocycles. The number of hydrogen-bond acceptors (Lipinski definition) is 3. The lowest BCUT2D eigenvalue weighted by Crippen LogP contribution is -2.31. The zero-order chi connectivity index (χ0) is 14.7. The molecule has 1 N–H and O–H groups in total. The Bertz CT molecular complexity index is 562. The molecule has 0 aliphatic carbocycles. The van der Waals surface area contributed by atoms with Gasteiger partial charge in [-0.2, -0.15) is 0 Å². The van der Waals surface area contributed by atoms with Gasteiger partial charge in [0.25, 0.3) is 0 Å². The second-order valence-electron chi connectivity index (χ2n) is 5.29.